The van der Waals surface area contributed by atoms with Crippen molar-refractivity contribution in [3.63, 3.8) is 0 Å². The fourth-order valence-corrected chi connectivity index (χ4v) is 1.71. The van der Waals surface area contributed by atoms with E-state index in [-0.39, 0.29) is 6.54 Å². The molecular formula is C11H14N4O3. The lowest BCUT2D eigenvalue weighted by Crippen LogP contribution is -2.61. The maximum Gasteiger partial charge on any atom is 0.331 e. The number of carbonyl (C=O) groups is 3. The summed E-state index contributed by atoms with van der Waals surface area (Å²) >= 11 is 0. The molecule has 7 heteroatoms. The van der Waals surface area contributed by atoms with Crippen molar-refractivity contribution in [2.75, 3.05) is 0 Å². The van der Waals surface area contributed by atoms with E-state index >= 15 is 0 Å². The summed E-state index contributed by atoms with van der Waals surface area (Å²) in [7, 11) is 1.72. The van der Waals surface area contributed by atoms with Crippen LogP contribution < -0.4 is 5.32 Å². The van der Waals surface area contributed by atoms with E-state index in [2.05, 4.69) is 10.4 Å². The maximum absolute atomic E-state index is 12.1. The number of carbonyl (C=O) groups excluding carboxylic acids is 3. The first kappa shape index (κ1) is 12.3. The zero-order valence-electron chi connectivity index (χ0n) is 10.4. The summed E-state index contributed by atoms with van der Waals surface area (Å²) in [5.41, 5.74) is -0.518. The molecule has 0 aliphatic carbocycles. The van der Waals surface area contributed by atoms with Gasteiger partial charge in [0.1, 0.15) is 5.41 Å². The number of rotatable bonds is 2. The Balaban J connectivity index is 2.27. The Morgan fingerprint density at radius 3 is 2.56 bits per heavy atom. The maximum atomic E-state index is 12.1. The van der Waals surface area contributed by atoms with Crippen molar-refractivity contribution in [1.82, 2.24) is 20.0 Å². The molecule has 0 unspecified atom stereocenters. The molecule has 2 heterocycles. The second-order valence-electron chi connectivity index (χ2n) is 4.72. The van der Waals surface area contributed by atoms with Crippen molar-refractivity contribution in [2.24, 2.45) is 12.5 Å². The smallest absolute Gasteiger partial charge is 0.277 e. The largest absolute Gasteiger partial charge is 0.331 e. The van der Waals surface area contributed by atoms with E-state index in [1.165, 1.54) is 13.8 Å². The molecule has 18 heavy (non-hydrogen) atoms. The molecule has 0 saturated carbocycles. The van der Waals surface area contributed by atoms with Crippen LogP contribution in [0.1, 0.15) is 19.5 Å². The molecule has 0 radical (unpaired) electrons. The van der Waals surface area contributed by atoms with Crippen LogP contribution in [0.3, 0.4) is 0 Å². The first-order valence-corrected chi connectivity index (χ1v) is 5.48. The van der Waals surface area contributed by atoms with Gasteiger partial charge in [0, 0.05) is 13.2 Å². The number of urea groups is 1. The lowest BCUT2D eigenvalue weighted by Gasteiger charge is -2.34. The number of imide groups is 2. The second kappa shape index (κ2) is 3.94. The van der Waals surface area contributed by atoms with Gasteiger partial charge in [0.25, 0.3) is 0 Å². The van der Waals surface area contributed by atoms with Crippen molar-refractivity contribution < 1.29 is 14.4 Å². The molecule has 1 N–H and O–H groups in total. The van der Waals surface area contributed by atoms with Gasteiger partial charge in [-0.15, -0.1) is 0 Å². The summed E-state index contributed by atoms with van der Waals surface area (Å²) in [5.74, 6) is -1.07. The Bertz CT molecular complexity index is 532. The lowest BCUT2D eigenvalue weighted by atomic mass is 9.89. The third-order valence-corrected chi connectivity index (χ3v) is 3.06. The summed E-state index contributed by atoms with van der Waals surface area (Å²) in [6, 6.07) is 1.02. The minimum absolute atomic E-state index is 0.0951. The Labute approximate surface area is 104 Å². The molecule has 1 aliphatic heterocycles. The molecule has 1 fully saturated rings. The minimum atomic E-state index is -1.23. The highest BCUT2D eigenvalue weighted by Crippen LogP contribution is 2.24. The number of aryl methyl sites for hydroxylation is 1. The Kier molecular flexibility index (Phi) is 2.68. The average Bonchev–Trinajstić information content (AvgIpc) is 2.68. The van der Waals surface area contributed by atoms with Gasteiger partial charge in [-0.25, -0.2) is 4.79 Å². The number of nitrogens with one attached hydrogen (secondary N) is 1. The zero-order valence-corrected chi connectivity index (χ0v) is 10.4. The predicted octanol–water partition coefficient (Wildman–Crippen LogP) is 0.0247. The lowest BCUT2D eigenvalue weighted by molar-refractivity contribution is -0.149. The summed E-state index contributed by atoms with van der Waals surface area (Å²) in [6.07, 6.45) is 1.58. The van der Waals surface area contributed by atoms with Crippen LogP contribution in [0, 0.1) is 5.41 Å². The summed E-state index contributed by atoms with van der Waals surface area (Å²) in [4.78, 5) is 36.4. The van der Waals surface area contributed by atoms with Gasteiger partial charge >= 0.3 is 6.03 Å². The molecule has 96 valence electrons. The Morgan fingerprint density at radius 1 is 1.33 bits per heavy atom. The van der Waals surface area contributed by atoms with Crippen LogP contribution in [-0.4, -0.2) is 32.5 Å². The van der Waals surface area contributed by atoms with E-state index in [0.717, 1.165) is 4.90 Å². The fourth-order valence-electron chi connectivity index (χ4n) is 1.71. The van der Waals surface area contributed by atoms with Gasteiger partial charge in [0.05, 0.1) is 12.2 Å². The van der Waals surface area contributed by atoms with Crippen molar-refractivity contribution >= 4 is 17.8 Å². The molecule has 1 aromatic heterocycles. The third-order valence-electron chi connectivity index (χ3n) is 3.06. The van der Waals surface area contributed by atoms with Gasteiger partial charge in [0.15, 0.2) is 0 Å². The highest BCUT2D eigenvalue weighted by Gasteiger charge is 2.47. The molecule has 0 atom stereocenters. The molecule has 7 nitrogen and oxygen atoms in total. The van der Waals surface area contributed by atoms with Crippen molar-refractivity contribution in [2.45, 2.75) is 20.4 Å². The van der Waals surface area contributed by atoms with Gasteiger partial charge < -0.3 is 0 Å². The highest BCUT2D eigenvalue weighted by atomic mass is 16.2. The number of hydrogen-bond donors (Lipinski definition) is 1. The number of barbiturate groups is 1. The topological polar surface area (TPSA) is 84.3 Å². The fraction of sp³-hybridized carbons (Fsp3) is 0.455. The van der Waals surface area contributed by atoms with Crippen LogP contribution in [0.25, 0.3) is 0 Å². The predicted molar refractivity (Wildman–Crippen MR) is 61.1 cm³/mol. The van der Waals surface area contributed by atoms with E-state index in [9.17, 15) is 14.4 Å². The van der Waals surface area contributed by atoms with Crippen LogP contribution in [0.2, 0.25) is 0 Å². The molecule has 0 bridgehead atoms. The molecule has 0 aromatic carbocycles. The van der Waals surface area contributed by atoms with Crippen LogP contribution in [-0.2, 0) is 23.2 Å². The molecule has 4 amide bonds. The minimum Gasteiger partial charge on any atom is -0.277 e. The second-order valence-corrected chi connectivity index (χ2v) is 4.72. The monoisotopic (exact) mass is 250 g/mol. The van der Waals surface area contributed by atoms with Crippen LogP contribution in [0.4, 0.5) is 4.79 Å². The summed E-state index contributed by atoms with van der Waals surface area (Å²) in [6.45, 7) is 3.08. The van der Waals surface area contributed by atoms with E-state index in [1.807, 2.05) is 0 Å². The van der Waals surface area contributed by atoms with E-state index < -0.39 is 23.3 Å². The first-order chi connectivity index (χ1) is 8.34. The van der Waals surface area contributed by atoms with E-state index in [1.54, 1.807) is 24.0 Å². The van der Waals surface area contributed by atoms with Crippen LogP contribution in [0.5, 0.6) is 0 Å². The Morgan fingerprint density at radius 2 is 2.00 bits per heavy atom. The summed E-state index contributed by atoms with van der Waals surface area (Å²) < 4.78 is 1.57. The first-order valence-electron chi connectivity index (χ1n) is 5.48. The molecule has 1 saturated heterocycles. The number of nitrogens with zero attached hydrogens (tertiary/aromatic N) is 3. The van der Waals surface area contributed by atoms with Gasteiger partial charge in [-0.2, -0.15) is 5.10 Å². The molecule has 2 rings (SSSR count). The number of amides is 4. The van der Waals surface area contributed by atoms with Gasteiger partial charge in [0.2, 0.25) is 11.8 Å². The molecule has 1 aliphatic rings. The molecule has 0 spiro atoms. The third kappa shape index (κ3) is 1.77. The zero-order chi connectivity index (χ0) is 13.5. The standard InChI is InChI=1S/C11H14N4O3/c1-11(2)8(16)13-10(18)15(9(11)17)6-7-4-5-12-14(7)3/h4-5H,6H2,1-3H3,(H,13,16,18). The van der Waals surface area contributed by atoms with E-state index in [0.29, 0.717) is 5.69 Å². The quantitative estimate of drug-likeness (QED) is 0.750. The normalized spacial score (nSPS) is 19.1. The van der Waals surface area contributed by atoms with Crippen molar-refractivity contribution in [1.29, 1.82) is 0 Å². The van der Waals surface area contributed by atoms with Gasteiger partial charge in [-0.3, -0.25) is 24.5 Å². The molecular weight excluding hydrogens is 236 g/mol. The van der Waals surface area contributed by atoms with Crippen LogP contribution in [0.15, 0.2) is 12.3 Å². The van der Waals surface area contributed by atoms with E-state index in [4.69, 9.17) is 0 Å². The highest BCUT2D eigenvalue weighted by molar-refractivity contribution is 6.18. The molecule has 1 aromatic rings. The van der Waals surface area contributed by atoms with Crippen LogP contribution >= 0.6 is 0 Å². The number of hydrogen-bond acceptors (Lipinski definition) is 4. The Hall–Kier alpha value is -2.18. The SMILES string of the molecule is Cn1nccc1CN1C(=O)NC(=O)C(C)(C)C1=O. The van der Waals surface area contributed by atoms with Crippen molar-refractivity contribution in [3.8, 4) is 0 Å². The average molecular weight is 250 g/mol. The summed E-state index contributed by atoms with van der Waals surface area (Å²) in [5, 5.41) is 6.14. The van der Waals surface area contributed by atoms with Gasteiger partial charge in [-0.1, -0.05) is 0 Å². The van der Waals surface area contributed by atoms with Gasteiger partial charge in [-0.05, 0) is 19.9 Å². The van der Waals surface area contributed by atoms with Crippen molar-refractivity contribution in [3.05, 3.63) is 18.0 Å². The number of aromatic nitrogens is 2.